The topological polar surface area (TPSA) is 102 Å². The highest BCUT2D eigenvalue weighted by Crippen LogP contribution is 2.30. The number of imide groups is 1. The van der Waals surface area contributed by atoms with E-state index in [1.165, 1.54) is 38.5 Å². The number of methoxy groups -OCH3 is 2. The number of nitrogens with zero attached hydrogens (tertiary/aromatic N) is 1. The predicted molar refractivity (Wildman–Crippen MR) is 106 cm³/mol. The zero-order valence-corrected chi connectivity index (χ0v) is 17.2. The van der Waals surface area contributed by atoms with Crippen molar-refractivity contribution in [2.45, 2.75) is 30.7 Å². The maximum atomic E-state index is 12.8. The Morgan fingerprint density at radius 2 is 1.59 bits per heavy atom. The van der Waals surface area contributed by atoms with E-state index < -0.39 is 16.1 Å². The van der Waals surface area contributed by atoms with Gasteiger partial charge in [-0.2, -0.15) is 0 Å². The molecule has 154 valence electrons. The van der Waals surface area contributed by atoms with E-state index in [2.05, 4.69) is 4.72 Å². The number of hydrogen-bond acceptors (Lipinski definition) is 6. The number of rotatable bonds is 7. The Labute approximate surface area is 169 Å². The quantitative estimate of drug-likeness (QED) is 0.693. The van der Waals surface area contributed by atoms with Gasteiger partial charge in [0, 0.05) is 24.4 Å². The first kappa shape index (κ1) is 20.8. The summed E-state index contributed by atoms with van der Waals surface area (Å²) in [5, 5.41) is 0. The van der Waals surface area contributed by atoms with E-state index in [-0.39, 0.29) is 29.6 Å². The van der Waals surface area contributed by atoms with Gasteiger partial charge in [0.25, 0.3) is 0 Å². The van der Waals surface area contributed by atoms with Crippen molar-refractivity contribution in [3.8, 4) is 11.5 Å². The molecule has 1 saturated heterocycles. The molecule has 1 atom stereocenters. The second-order valence-corrected chi connectivity index (χ2v) is 8.28. The Hall–Kier alpha value is -2.91. The molecule has 1 fully saturated rings. The molecule has 0 aromatic heterocycles. The fraction of sp³-hybridized carbons (Fsp3) is 0.300. The summed E-state index contributed by atoms with van der Waals surface area (Å²) in [5.41, 5.74) is 0.985. The molecule has 2 aromatic carbocycles. The number of carbonyl (C=O) groups excluding carboxylic acids is 2. The van der Waals surface area contributed by atoms with E-state index in [1.54, 1.807) is 25.1 Å². The third-order valence-corrected chi connectivity index (χ3v) is 6.25. The van der Waals surface area contributed by atoms with E-state index >= 15 is 0 Å². The minimum Gasteiger partial charge on any atom is -0.497 e. The Morgan fingerprint density at radius 3 is 2.14 bits per heavy atom. The standard InChI is InChI=1S/C20H22N2O6S/c1-13(17-12-15(27-2)6-9-18(17)28-3)21-29(25,26)16-7-4-14(5-8-16)22-19(23)10-11-20(22)24/h4-9,12-13,21H,10-11H2,1-3H3. The van der Waals surface area contributed by atoms with Crippen LogP contribution in [0.15, 0.2) is 47.4 Å². The second-order valence-electron chi connectivity index (χ2n) is 6.57. The lowest BCUT2D eigenvalue weighted by Gasteiger charge is -2.19. The molecule has 1 N–H and O–H groups in total. The first-order valence-corrected chi connectivity index (χ1v) is 10.4. The van der Waals surface area contributed by atoms with Crippen LogP contribution in [0.3, 0.4) is 0 Å². The normalized spacial score (nSPS) is 15.5. The summed E-state index contributed by atoms with van der Waals surface area (Å²) in [4.78, 5) is 24.8. The summed E-state index contributed by atoms with van der Waals surface area (Å²) in [6.07, 6.45) is 0.334. The highest BCUT2D eigenvalue weighted by atomic mass is 32.2. The average Bonchev–Trinajstić information content (AvgIpc) is 3.05. The Kier molecular flexibility index (Phi) is 5.90. The Morgan fingerprint density at radius 1 is 0.966 bits per heavy atom. The van der Waals surface area contributed by atoms with Gasteiger partial charge in [0.05, 0.1) is 24.8 Å². The van der Waals surface area contributed by atoms with Gasteiger partial charge in [-0.3, -0.25) is 14.5 Å². The van der Waals surface area contributed by atoms with Crippen molar-refractivity contribution in [2.24, 2.45) is 0 Å². The van der Waals surface area contributed by atoms with Crippen molar-refractivity contribution in [1.29, 1.82) is 0 Å². The van der Waals surface area contributed by atoms with Crippen LogP contribution in [-0.2, 0) is 19.6 Å². The van der Waals surface area contributed by atoms with E-state index in [0.717, 1.165) is 4.90 Å². The number of sulfonamides is 1. The van der Waals surface area contributed by atoms with Gasteiger partial charge in [-0.15, -0.1) is 0 Å². The van der Waals surface area contributed by atoms with Crippen LogP contribution in [0.4, 0.5) is 5.69 Å². The van der Waals surface area contributed by atoms with Crippen LogP contribution in [0, 0.1) is 0 Å². The van der Waals surface area contributed by atoms with Gasteiger partial charge in [-0.25, -0.2) is 13.1 Å². The molecule has 2 amide bonds. The summed E-state index contributed by atoms with van der Waals surface area (Å²) in [6.45, 7) is 1.70. The second kappa shape index (κ2) is 8.22. The largest absolute Gasteiger partial charge is 0.497 e. The van der Waals surface area contributed by atoms with Gasteiger partial charge in [0.2, 0.25) is 21.8 Å². The number of anilines is 1. The van der Waals surface area contributed by atoms with Crippen LogP contribution in [0.5, 0.6) is 11.5 Å². The minimum atomic E-state index is -3.85. The lowest BCUT2D eigenvalue weighted by molar-refractivity contribution is -0.121. The van der Waals surface area contributed by atoms with Gasteiger partial charge < -0.3 is 9.47 Å². The molecule has 0 bridgehead atoms. The highest BCUT2D eigenvalue weighted by Gasteiger charge is 2.30. The average molecular weight is 418 g/mol. The summed E-state index contributed by atoms with van der Waals surface area (Å²) >= 11 is 0. The maximum Gasteiger partial charge on any atom is 0.241 e. The monoisotopic (exact) mass is 418 g/mol. The number of ether oxygens (including phenoxy) is 2. The van der Waals surface area contributed by atoms with Crippen molar-refractivity contribution < 1.29 is 27.5 Å². The molecule has 1 heterocycles. The third kappa shape index (κ3) is 4.25. The molecule has 9 heteroatoms. The molecular weight excluding hydrogens is 396 g/mol. The molecule has 0 saturated carbocycles. The van der Waals surface area contributed by atoms with Crippen LogP contribution < -0.4 is 19.1 Å². The fourth-order valence-electron chi connectivity index (χ4n) is 3.18. The molecule has 1 aliphatic rings. The van der Waals surface area contributed by atoms with Crippen LogP contribution in [0.1, 0.15) is 31.4 Å². The van der Waals surface area contributed by atoms with Crippen LogP contribution in [0.2, 0.25) is 0 Å². The number of benzene rings is 2. The Balaban J connectivity index is 1.83. The lowest BCUT2D eigenvalue weighted by Crippen LogP contribution is -2.29. The fourth-order valence-corrected chi connectivity index (χ4v) is 4.40. The lowest BCUT2D eigenvalue weighted by atomic mass is 10.1. The van der Waals surface area contributed by atoms with E-state index in [1.807, 2.05) is 0 Å². The number of amides is 2. The van der Waals surface area contributed by atoms with Crippen molar-refractivity contribution in [3.63, 3.8) is 0 Å². The highest BCUT2D eigenvalue weighted by molar-refractivity contribution is 7.89. The van der Waals surface area contributed by atoms with E-state index in [0.29, 0.717) is 22.7 Å². The zero-order valence-electron chi connectivity index (χ0n) is 16.3. The zero-order chi connectivity index (χ0) is 21.2. The van der Waals surface area contributed by atoms with Crippen molar-refractivity contribution in [3.05, 3.63) is 48.0 Å². The van der Waals surface area contributed by atoms with E-state index in [9.17, 15) is 18.0 Å². The smallest absolute Gasteiger partial charge is 0.241 e. The number of hydrogen-bond donors (Lipinski definition) is 1. The molecule has 3 rings (SSSR count). The maximum absolute atomic E-state index is 12.8. The molecule has 0 spiro atoms. The number of nitrogens with one attached hydrogen (secondary N) is 1. The molecule has 29 heavy (non-hydrogen) atoms. The van der Waals surface area contributed by atoms with Crippen molar-refractivity contribution in [2.75, 3.05) is 19.1 Å². The van der Waals surface area contributed by atoms with Crippen LogP contribution in [0.25, 0.3) is 0 Å². The molecule has 2 aromatic rings. The Bertz CT molecular complexity index is 1020. The van der Waals surface area contributed by atoms with Gasteiger partial charge in [0.1, 0.15) is 11.5 Å². The summed E-state index contributed by atoms with van der Waals surface area (Å²) < 4.78 is 38.7. The predicted octanol–water partition coefficient (Wildman–Crippen LogP) is 2.40. The molecule has 1 unspecified atom stereocenters. The van der Waals surface area contributed by atoms with Gasteiger partial charge >= 0.3 is 0 Å². The molecular formula is C20H22N2O6S. The molecule has 1 aliphatic heterocycles. The van der Waals surface area contributed by atoms with Crippen molar-refractivity contribution in [1.82, 2.24) is 4.72 Å². The van der Waals surface area contributed by atoms with E-state index in [4.69, 9.17) is 9.47 Å². The summed E-state index contributed by atoms with van der Waals surface area (Å²) in [5.74, 6) is 0.531. The van der Waals surface area contributed by atoms with Crippen LogP contribution in [-0.4, -0.2) is 34.5 Å². The first-order valence-electron chi connectivity index (χ1n) is 8.97. The minimum absolute atomic E-state index is 0.0223. The summed E-state index contributed by atoms with van der Waals surface area (Å²) in [6, 6.07) is 10.2. The molecule has 0 aliphatic carbocycles. The summed E-state index contributed by atoms with van der Waals surface area (Å²) in [7, 11) is -0.823. The third-order valence-electron chi connectivity index (χ3n) is 4.69. The molecule has 8 nitrogen and oxygen atoms in total. The first-order chi connectivity index (χ1) is 13.8. The van der Waals surface area contributed by atoms with Gasteiger partial charge in [-0.1, -0.05) is 0 Å². The van der Waals surface area contributed by atoms with Gasteiger partial charge in [0.15, 0.2) is 0 Å². The molecule has 0 radical (unpaired) electrons. The SMILES string of the molecule is COc1ccc(OC)c(C(C)NS(=O)(=O)c2ccc(N3C(=O)CCC3=O)cc2)c1. The van der Waals surface area contributed by atoms with Gasteiger partial charge in [-0.05, 0) is 49.4 Å². The number of carbonyl (C=O) groups is 2. The van der Waals surface area contributed by atoms with Crippen LogP contribution >= 0.6 is 0 Å². The van der Waals surface area contributed by atoms with Crippen molar-refractivity contribution >= 4 is 27.5 Å².